The molecule has 5 nitrogen and oxygen atoms in total. The van der Waals surface area contributed by atoms with E-state index in [1.807, 2.05) is 24.3 Å². The number of hydrogen-bond donors (Lipinski definition) is 0. The van der Waals surface area contributed by atoms with Crippen LogP contribution in [0.2, 0.25) is 0 Å². The number of carbonyl (C=O) groups is 2. The van der Waals surface area contributed by atoms with Crippen molar-refractivity contribution in [2.45, 2.75) is 25.4 Å². The van der Waals surface area contributed by atoms with Crippen molar-refractivity contribution in [1.29, 1.82) is 0 Å². The van der Waals surface area contributed by atoms with Crippen LogP contribution in [-0.2, 0) is 20.7 Å². The molecule has 1 aromatic rings. The molecule has 2 unspecified atom stereocenters. The molecule has 2 heterocycles. The van der Waals surface area contributed by atoms with E-state index < -0.39 is 18.1 Å². The molecule has 0 radical (unpaired) electrons. The Bertz CT molecular complexity index is 528. The lowest BCUT2D eigenvalue weighted by Gasteiger charge is -2.35. The van der Waals surface area contributed by atoms with E-state index in [1.54, 1.807) is 6.92 Å². The number of esters is 1. The molecule has 2 aliphatic rings. The van der Waals surface area contributed by atoms with Crippen molar-refractivity contribution in [3.8, 4) is 0 Å². The van der Waals surface area contributed by atoms with E-state index in [0.29, 0.717) is 13.2 Å². The SMILES string of the molecule is CCOC(=O)C1c2ccccc2CC2COC(=O)N21. The monoisotopic (exact) mass is 261 g/mol. The van der Waals surface area contributed by atoms with Crippen LogP contribution in [0.3, 0.4) is 0 Å². The Morgan fingerprint density at radius 3 is 3.05 bits per heavy atom. The van der Waals surface area contributed by atoms with Crippen LogP contribution in [0.1, 0.15) is 24.1 Å². The smallest absolute Gasteiger partial charge is 0.411 e. The van der Waals surface area contributed by atoms with E-state index in [0.717, 1.165) is 17.5 Å². The lowest BCUT2D eigenvalue weighted by molar-refractivity contribution is -0.149. The lowest BCUT2D eigenvalue weighted by atomic mass is 9.89. The summed E-state index contributed by atoms with van der Waals surface area (Å²) in [5.41, 5.74) is 1.93. The molecule has 2 atom stereocenters. The van der Waals surface area contributed by atoms with Crippen molar-refractivity contribution in [2.24, 2.45) is 0 Å². The van der Waals surface area contributed by atoms with Crippen LogP contribution in [0.15, 0.2) is 24.3 Å². The minimum Gasteiger partial charge on any atom is -0.464 e. The van der Waals surface area contributed by atoms with Crippen LogP contribution >= 0.6 is 0 Å². The van der Waals surface area contributed by atoms with Crippen molar-refractivity contribution in [2.75, 3.05) is 13.2 Å². The van der Waals surface area contributed by atoms with Crippen molar-refractivity contribution in [1.82, 2.24) is 4.90 Å². The molecule has 1 saturated heterocycles. The molecule has 0 spiro atoms. The number of carbonyl (C=O) groups excluding carboxylic acids is 2. The van der Waals surface area contributed by atoms with Crippen molar-refractivity contribution >= 4 is 12.1 Å². The molecule has 0 N–H and O–H groups in total. The van der Waals surface area contributed by atoms with Gasteiger partial charge in [-0.25, -0.2) is 9.59 Å². The van der Waals surface area contributed by atoms with Crippen molar-refractivity contribution < 1.29 is 19.1 Å². The number of amides is 1. The maximum atomic E-state index is 12.2. The van der Waals surface area contributed by atoms with Gasteiger partial charge in [-0.05, 0) is 24.5 Å². The molecule has 0 saturated carbocycles. The second-order valence-corrected chi connectivity index (χ2v) is 4.70. The van der Waals surface area contributed by atoms with E-state index in [9.17, 15) is 9.59 Å². The first kappa shape index (κ1) is 12.0. The van der Waals surface area contributed by atoms with Gasteiger partial charge in [-0.1, -0.05) is 24.3 Å². The number of fused-ring (bicyclic) bond motifs is 2. The molecule has 1 aromatic carbocycles. The maximum absolute atomic E-state index is 12.2. The minimum atomic E-state index is -0.676. The molecule has 5 heteroatoms. The number of nitrogens with zero attached hydrogens (tertiary/aromatic N) is 1. The highest BCUT2D eigenvalue weighted by Gasteiger charge is 2.46. The number of benzene rings is 1. The highest BCUT2D eigenvalue weighted by Crippen LogP contribution is 2.37. The predicted molar refractivity (Wildman–Crippen MR) is 66.5 cm³/mol. The van der Waals surface area contributed by atoms with Gasteiger partial charge in [-0.15, -0.1) is 0 Å². The Morgan fingerprint density at radius 1 is 1.47 bits per heavy atom. The van der Waals surface area contributed by atoms with Crippen LogP contribution in [0.5, 0.6) is 0 Å². The summed E-state index contributed by atoms with van der Waals surface area (Å²) in [6.45, 7) is 2.39. The highest BCUT2D eigenvalue weighted by atomic mass is 16.6. The summed E-state index contributed by atoms with van der Waals surface area (Å²) >= 11 is 0. The highest BCUT2D eigenvalue weighted by molar-refractivity contribution is 5.85. The molecule has 0 aliphatic carbocycles. The first-order chi connectivity index (χ1) is 9.22. The largest absolute Gasteiger partial charge is 0.464 e. The zero-order chi connectivity index (χ0) is 13.4. The van der Waals surface area contributed by atoms with E-state index in [1.165, 1.54) is 4.90 Å². The summed E-state index contributed by atoms with van der Waals surface area (Å²) in [6.07, 6.45) is 0.287. The third kappa shape index (κ3) is 1.85. The van der Waals surface area contributed by atoms with Crippen LogP contribution in [0, 0.1) is 0 Å². The zero-order valence-corrected chi connectivity index (χ0v) is 10.7. The first-order valence-electron chi connectivity index (χ1n) is 6.42. The molecular formula is C14H15NO4. The van der Waals surface area contributed by atoms with Gasteiger partial charge in [0.1, 0.15) is 6.61 Å². The second kappa shape index (κ2) is 4.57. The molecule has 2 aliphatic heterocycles. The standard InChI is InChI=1S/C14H15NO4/c1-2-18-13(16)12-11-6-4-3-5-9(11)7-10-8-19-14(17)15(10)12/h3-6,10,12H,2,7-8H2,1H3. The zero-order valence-electron chi connectivity index (χ0n) is 10.7. The van der Waals surface area contributed by atoms with E-state index in [2.05, 4.69) is 0 Å². The molecule has 0 bridgehead atoms. The van der Waals surface area contributed by atoms with Gasteiger partial charge in [-0.3, -0.25) is 4.90 Å². The fraction of sp³-hybridized carbons (Fsp3) is 0.429. The van der Waals surface area contributed by atoms with Gasteiger partial charge < -0.3 is 9.47 Å². The normalized spacial score (nSPS) is 24.5. The van der Waals surface area contributed by atoms with Gasteiger partial charge in [0.05, 0.1) is 12.6 Å². The first-order valence-corrected chi connectivity index (χ1v) is 6.42. The van der Waals surface area contributed by atoms with E-state index in [4.69, 9.17) is 9.47 Å². The summed E-state index contributed by atoms with van der Waals surface area (Å²) in [4.78, 5) is 25.5. The van der Waals surface area contributed by atoms with Gasteiger partial charge in [0.2, 0.25) is 0 Å². The molecule has 1 fully saturated rings. The minimum absolute atomic E-state index is 0.0724. The van der Waals surface area contributed by atoms with Crippen LogP contribution in [-0.4, -0.2) is 36.2 Å². The van der Waals surface area contributed by atoms with Gasteiger partial charge >= 0.3 is 12.1 Å². The fourth-order valence-electron chi connectivity index (χ4n) is 2.80. The van der Waals surface area contributed by atoms with Gasteiger partial charge in [0.15, 0.2) is 6.04 Å². The molecular weight excluding hydrogens is 246 g/mol. The fourth-order valence-corrected chi connectivity index (χ4v) is 2.80. The second-order valence-electron chi connectivity index (χ2n) is 4.70. The average molecular weight is 261 g/mol. The van der Waals surface area contributed by atoms with Crippen molar-refractivity contribution in [3.63, 3.8) is 0 Å². The Labute approximate surface area is 111 Å². The maximum Gasteiger partial charge on any atom is 0.411 e. The quantitative estimate of drug-likeness (QED) is 0.760. The third-order valence-electron chi connectivity index (χ3n) is 3.60. The molecule has 100 valence electrons. The molecule has 19 heavy (non-hydrogen) atoms. The summed E-state index contributed by atoms with van der Waals surface area (Å²) in [5.74, 6) is -0.390. The van der Waals surface area contributed by atoms with Crippen LogP contribution in [0.25, 0.3) is 0 Å². The number of ether oxygens (including phenoxy) is 2. The molecule has 1 amide bonds. The third-order valence-corrected chi connectivity index (χ3v) is 3.60. The van der Waals surface area contributed by atoms with Crippen molar-refractivity contribution in [3.05, 3.63) is 35.4 Å². The summed E-state index contributed by atoms with van der Waals surface area (Å²) in [7, 11) is 0. The number of hydrogen-bond acceptors (Lipinski definition) is 4. The average Bonchev–Trinajstić information content (AvgIpc) is 2.78. The van der Waals surface area contributed by atoms with Crippen LogP contribution in [0.4, 0.5) is 4.79 Å². The topological polar surface area (TPSA) is 55.8 Å². The Hall–Kier alpha value is -2.04. The number of cyclic esters (lactones) is 1. The van der Waals surface area contributed by atoms with Gasteiger partial charge in [0, 0.05) is 0 Å². The van der Waals surface area contributed by atoms with E-state index in [-0.39, 0.29) is 6.04 Å². The summed E-state index contributed by atoms with van der Waals surface area (Å²) in [6, 6.07) is 6.92. The molecule has 0 aromatic heterocycles. The van der Waals surface area contributed by atoms with E-state index >= 15 is 0 Å². The number of rotatable bonds is 2. The molecule has 3 rings (SSSR count). The predicted octanol–water partition coefficient (Wildman–Crippen LogP) is 1.67. The summed E-state index contributed by atoms with van der Waals surface area (Å²) in [5, 5.41) is 0. The Balaban J connectivity index is 2.05. The Morgan fingerprint density at radius 2 is 2.26 bits per heavy atom. The Kier molecular flexibility index (Phi) is 2.89. The summed E-state index contributed by atoms with van der Waals surface area (Å²) < 4.78 is 10.2. The lowest BCUT2D eigenvalue weighted by Crippen LogP contribution is -2.46. The van der Waals surface area contributed by atoms with Gasteiger partial charge in [-0.2, -0.15) is 0 Å². The van der Waals surface area contributed by atoms with Gasteiger partial charge in [0.25, 0.3) is 0 Å². The van der Waals surface area contributed by atoms with Crippen LogP contribution < -0.4 is 0 Å².